The Bertz CT molecular complexity index is 382. The monoisotopic (exact) mass is 260 g/mol. The lowest BCUT2D eigenvalue weighted by atomic mass is 9.99. The van der Waals surface area contributed by atoms with Crippen LogP contribution in [0.25, 0.3) is 0 Å². The highest BCUT2D eigenvalue weighted by Crippen LogP contribution is 2.27. The summed E-state index contributed by atoms with van der Waals surface area (Å²) in [6.07, 6.45) is 4.20. The van der Waals surface area contributed by atoms with Crippen molar-refractivity contribution < 1.29 is 4.74 Å². The normalized spacial score (nSPS) is 17.9. The van der Waals surface area contributed by atoms with Gasteiger partial charge in [-0.1, -0.05) is 18.2 Å². The van der Waals surface area contributed by atoms with Crippen LogP contribution in [-0.4, -0.2) is 38.2 Å². The number of benzene rings is 1. The molecule has 1 aliphatic heterocycles. The molecule has 0 saturated carbocycles. The van der Waals surface area contributed by atoms with Gasteiger partial charge in [0.1, 0.15) is 5.75 Å². The molecule has 1 N–H and O–H groups in total. The minimum absolute atomic E-state index is 0.492. The molecule has 104 valence electrons. The minimum atomic E-state index is 0.492. The molecule has 0 aromatic heterocycles. The Kier molecular flexibility index (Phi) is 5.43. The van der Waals surface area contributed by atoms with E-state index in [0.29, 0.717) is 6.04 Å². The first-order valence-corrected chi connectivity index (χ1v) is 7.04. The van der Waals surface area contributed by atoms with Crippen LogP contribution in [-0.2, 0) is 0 Å². The van der Waals surface area contributed by atoms with Gasteiger partial charge in [-0.05, 0) is 30.5 Å². The number of ether oxygens (including phenoxy) is 1. The maximum atomic E-state index is 5.24. The fourth-order valence-corrected chi connectivity index (χ4v) is 2.66. The van der Waals surface area contributed by atoms with Crippen molar-refractivity contribution >= 4 is 0 Å². The fourth-order valence-electron chi connectivity index (χ4n) is 2.66. The lowest BCUT2D eigenvalue weighted by Gasteiger charge is -2.35. The van der Waals surface area contributed by atoms with Crippen LogP contribution in [0.1, 0.15) is 24.4 Å². The summed E-state index contributed by atoms with van der Waals surface area (Å²) in [5.41, 5.74) is 1.38. The zero-order chi connectivity index (χ0) is 13.5. The van der Waals surface area contributed by atoms with E-state index in [2.05, 4.69) is 41.1 Å². The van der Waals surface area contributed by atoms with E-state index in [1.54, 1.807) is 7.11 Å². The number of piperazine rings is 1. The van der Waals surface area contributed by atoms with Gasteiger partial charge >= 0.3 is 0 Å². The highest BCUT2D eigenvalue weighted by Gasteiger charge is 2.21. The molecule has 1 aromatic rings. The van der Waals surface area contributed by atoms with Gasteiger partial charge in [-0.25, -0.2) is 0 Å². The molecule has 1 aliphatic rings. The SMILES string of the molecule is C=CCC[C@@H](c1ccc(OC)cc1)N1CCNCC1. The smallest absolute Gasteiger partial charge is 0.118 e. The van der Waals surface area contributed by atoms with Gasteiger partial charge in [-0.2, -0.15) is 0 Å². The van der Waals surface area contributed by atoms with Crippen LogP contribution in [0.15, 0.2) is 36.9 Å². The number of methoxy groups -OCH3 is 1. The van der Waals surface area contributed by atoms with E-state index in [1.165, 1.54) is 5.56 Å². The first kappa shape index (κ1) is 14.1. The Morgan fingerprint density at radius 1 is 1.32 bits per heavy atom. The predicted molar refractivity (Wildman–Crippen MR) is 79.6 cm³/mol. The summed E-state index contributed by atoms with van der Waals surface area (Å²) in [5, 5.41) is 3.41. The van der Waals surface area contributed by atoms with Crippen LogP contribution < -0.4 is 10.1 Å². The molecule has 3 nitrogen and oxygen atoms in total. The molecule has 1 heterocycles. The van der Waals surface area contributed by atoms with Crippen molar-refractivity contribution in [1.29, 1.82) is 0 Å². The van der Waals surface area contributed by atoms with Crippen LogP contribution in [0.2, 0.25) is 0 Å². The Morgan fingerprint density at radius 3 is 2.58 bits per heavy atom. The van der Waals surface area contributed by atoms with Crippen molar-refractivity contribution in [2.75, 3.05) is 33.3 Å². The van der Waals surface area contributed by atoms with E-state index < -0.39 is 0 Å². The molecule has 1 atom stereocenters. The number of hydrogen-bond acceptors (Lipinski definition) is 3. The summed E-state index contributed by atoms with van der Waals surface area (Å²) in [4.78, 5) is 2.57. The van der Waals surface area contributed by atoms with Gasteiger partial charge in [0.05, 0.1) is 7.11 Å². The van der Waals surface area contributed by atoms with E-state index >= 15 is 0 Å². The molecule has 1 fully saturated rings. The van der Waals surface area contributed by atoms with E-state index in [-0.39, 0.29) is 0 Å². The average Bonchev–Trinajstić information content (AvgIpc) is 2.49. The summed E-state index contributed by atoms with van der Waals surface area (Å²) >= 11 is 0. The van der Waals surface area contributed by atoms with Crippen LogP contribution >= 0.6 is 0 Å². The zero-order valence-electron chi connectivity index (χ0n) is 11.8. The maximum Gasteiger partial charge on any atom is 0.118 e. The number of nitrogens with zero attached hydrogens (tertiary/aromatic N) is 1. The minimum Gasteiger partial charge on any atom is -0.497 e. The highest BCUT2D eigenvalue weighted by molar-refractivity contribution is 5.29. The molecule has 0 radical (unpaired) electrons. The summed E-state index contributed by atoms with van der Waals surface area (Å²) < 4.78 is 5.24. The van der Waals surface area contributed by atoms with Crippen molar-refractivity contribution in [2.24, 2.45) is 0 Å². The molecule has 2 rings (SSSR count). The van der Waals surface area contributed by atoms with E-state index in [1.807, 2.05) is 6.08 Å². The predicted octanol–water partition coefficient (Wildman–Crippen LogP) is 2.61. The quantitative estimate of drug-likeness (QED) is 0.796. The summed E-state index contributed by atoms with van der Waals surface area (Å²) in [6.45, 7) is 8.25. The molecule has 0 amide bonds. The van der Waals surface area contributed by atoms with Crippen molar-refractivity contribution in [1.82, 2.24) is 10.2 Å². The number of rotatable bonds is 6. The summed E-state index contributed by atoms with van der Waals surface area (Å²) in [5.74, 6) is 0.923. The molecule has 0 spiro atoms. The third-order valence-corrected chi connectivity index (χ3v) is 3.74. The topological polar surface area (TPSA) is 24.5 Å². The molecule has 3 heteroatoms. The first-order chi connectivity index (χ1) is 9.35. The van der Waals surface area contributed by atoms with Crippen molar-refractivity contribution in [2.45, 2.75) is 18.9 Å². The zero-order valence-corrected chi connectivity index (χ0v) is 11.8. The van der Waals surface area contributed by atoms with Crippen molar-refractivity contribution in [3.05, 3.63) is 42.5 Å². The van der Waals surface area contributed by atoms with Gasteiger partial charge in [-0.15, -0.1) is 6.58 Å². The van der Waals surface area contributed by atoms with Crippen molar-refractivity contribution in [3.8, 4) is 5.75 Å². The Labute approximate surface area is 116 Å². The van der Waals surface area contributed by atoms with Gasteiger partial charge in [-0.3, -0.25) is 4.90 Å². The molecule has 0 aliphatic carbocycles. The maximum absolute atomic E-state index is 5.24. The number of allylic oxidation sites excluding steroid dienone is 1. The van der Waals surface area contributed by atoms with E-state index in [9.17, 15) is 0 Å². The van der Waals surface area contributed by atoms with Crippen LogP contribution in [0.5, 0.6) is 5.75 Å². The molecule has 1 saturated heterocycles. The van der Waals surface area contributed by atoms with Crippen LogP contribution in [0.4, 0.5) is 0 Å². The average molecular weight is 260 g/mol. The lowest BCUT2D eigenvalue weighted by Crippen LogP contribution is -2.45. The number of hydrogen-bond donors (Lipinski definition) is 1. The molecular formula is C16H24N2O. The first-order valence-electron chi connectivity index (χ1n) is 7.04. The third kappa shape index (κ3) is 3.82. The lowest BCUT2D eigenvalue weighted by molar-refractivity contribution is 0.166. The van der Waals surface area contributed by atoms with E-state index in [0.717, 1.165) is 44.8 Å². The van der Waals surface area contributed by atoms with Gasteiger partial charge in [0.2, 0.25) is 0 Å². The standard InChI is InChI=1S/C16H24N2O/c1-3-4-5-16(18-12-10-17-11-13-18)14-6-8-15(19-2)9-7-14/h3,6-9,16-17H,1,4-5,10-13H2,2H3/t16-/m0/s1. The third-order valence-electron chi connectivity index (χ3n) is 3.74. The van der Waals surface area contributed by atoms with Gasteiger partial charge in [0.15, 0.2) is 0 Å². The second kappa shape index (κ2) is 7.31. The van der Waals surface area contributed by atoms with Crippen LogP contribution in [0.3, 0.4) is 0 Å². The number of nitrogens with one attached hydrogen (secondary N) is 1. The molecule has 1 aromatic carbocycles. The molecule has 0 unspecified atom stereocenters. The molecule has 0 bridgehead atoms. The second-order valence-electron chi connectivity index (χ2n) is 4.94. The fraction of sp³-hybridized carbons (Fsp3) is 0.500. The molecular weight excluding hydrogens is 236 g/mol. The van der Waals surface area contributed by atoms with Crippen LogP contribution in [0, 0.1) is 0 Å². The highest BCUT2D eigenvalue weighted by atomic mass is 16.5. The largest absolute Gasteiger partial charge is 0.497 e. The summed E-state index contributed by atoms with van der Waals surface area (Å²) in [7, 11) is 1.71. The Morgan fingerprint density at radius 2 is 2.00 bits per heavy atom. The molecule has 19 heavy (non-hydrogen) atoms. The van der Waals surface area contributed by atoms with Gasteiger partial charge in [0.25, 0.3) is 0 Å². The van der Waals surface area contributed by atoms with E-state index in [4.69, 9.17) is 4.74 Å². The Hall–Kier alpha value is -1.32. The van der Waals surface area contributed by atoms with Gasteiger partial charge in [0, 0.05) is 32.2 Å². The van der Waals surface area contributed by atoms with Gasteiger partial charge < -0.3 is 10.1 Å². The second-order valence-corrected chi connectivity index (χ2v) is 4.94. The van der Waals surface area contributed by atoms with Crippen molar-refractivity contribution in [3.63, 3.8) is 0 Å². The summed E-state index contributed by atoms with van der Waals surface area (Å²) in [6, 6.07) is 8.98. The Balaban J connectivity index is 2.12.